The molecule has 6 heteroatoms. The number of phenolic OH excluding ortho intramolecular Hbond substituents is 1. The molecule has 0 bridgehead atoms. The molecule has 1 aromatic carbocycles. The summed E-state index contributed by atoms with van der Waals surface area (Å²) in [5.41, 5.74) is 0.496. The molecule has 72 valence electrons. The average molecular weight is 213 g/mol. The Balaban J connectivity index is 2.57. The van der Waals surface area contributed by atoms with Gasteiger partial charge in [0.1, 0.15) is 5.75 Å². The molecule has 14 heavy (non-hydrogen) atoms. The van der Waals surface area contributed by atoms with Gasteiger partial charge in [-0.15, -0.1) is 0 Å². The van der Waals surface area contributed by atoms with Crippen molar-refractivity contribution in [1.82, 2.24) is 10.1 Å². The topological polar surface area (TPSA) is 79.1 Å². The van der Waals surface area contributed by atoms with Crippen molar-refractivity contribution in [2.24, 2.45) is 0 Å². The van der Waals surface area contributed by atoms with E-state index in [0.29, 0.717) is 5.56 Å². The lowest BCUT2D eigenvalue weighted by atomic mass is 10.2. The Morgan fingerprint density at radius 3 is 2.86 bits per heavy atom. The van der Waals surface area contributed by atoms with Gasteiger partial charge < -0.3 is 5.11 Å². The van der Waals surface area contributed by atoms with Crippen LogP contribution < -0.4 is 5.76 Å². The molecule has 0 unspecified atom stereocenters. The smallest absolute Gasteiger partial charge is 0.439 e. The zero-order valence-corrected chi connectivity index (χ0v) is 7.58. The van der Waals surface area contributed by atoms with Crippen LogP contribution >= 0.6 is 11.6 Å². The summed E-state index contributed by atoms with van der Waals surface area (Å²) in [6.07, 6.45) is 0. The van der Waals surface area contributed by atoms with Crippen LogP contribution in [-0.4, -0.2) is 15.2 Å². The standard InChI is InChI=1S/C8H5ClN2O3/c9-6-3-4(12)1-2-5(6)7-10-8(13)14-11-7/h1-3,12H,(H,10,11,13). The number of rotatable bonds is 1. The van der Waals surface area contributed by atoms with E-state index < -0.39 is 5.76 Å². The number of halogens is 1. The molecule has 2 N–H and O–H groups in total. The second kappa shape index (κ2) is 3.19. The minimum atomic E-state index is -0.649. The molecule has 5 nitrogen and oxygen atoms in total. The number of nitrogens with zero attached hydrogens (tertiary/aromatic N) is 1. The van der Waals surface area contributed by atoms with E-state index in [1.165, 1.54) is 18.2 Å². The van der Waals surface area contributed by atoms with Crippen LogP contribution in [0.25, 0.3) is 11.4 Å². The SMILES string of the molecule is O=c1[nH]c(-c2ccc(O)cc2Cl)no1. The Kier molecular flexibility index (Phi) is 2.01. The summed E-state index contributed by atoms with van der Waals surface area (Å²) in [6.45, 7) is 0. The van der Waals surface area contributed by atoms with Gasteiger partial charge in [-0.25, -0.2) is 4.79 Å². The molecule has 0 fully saturated rings. The number of aromatic hydroxyl groups is 1. The van der Waals surface area contributed by atoms with Gasteiger partial charge in [0.25, 0.3) is 0 Å². The van der Waals surface area contributed by atoms with E-state index in [9.17, 15) is 4.79 Å². The molecule has 0 aliphatic rings. The zero-order valence-electron chi connectivity index (χ0n) is 6.82. The van der Waals surface area contributed by atoms with Crippen molar-refractivity contribution < 1.29 is 9.63 Å². The monoisotopic (exact) mass is 212 g/mol. The molecule has 0 aliphatic carbocycles. The first-order chi connectivity index (χ1) is 6.66. The maximum absolute atomic E-state index is 10.7. The quantitative estimate of drug-likeness (QED) is 0.749. The Hall–Kier alpha value is -1.75. The largest absolute Gasteiger partial charge is 0.508 e. The second-order valence-corrected chi connectivity index (χ2v) is 3.01. The summed E-state index contributed by atoms with van der Waals surface area (Å²) in [6, 6.07) is 4.32. The Morgan fingerprint density at radius 1 is 1.50 bits per heavy atom. The van der Waals surface area contributed by atoms with Gasteiger partial charge in [-0.3, -0.25) is 9.51 Å². The maximum Gasteiger partial charge on any atom is 0.439 e. The highest BCUT2D eigenvalue weighted by atomic mass is 35.5. The van der Waals surface area contributed by atoms with Crippen LogP contribution in [0.2, 0.25) is 5.02 Å². The first kappa shape index (κ1) is 8.83. The fraction of sp³-hybridized carbons (Fsp3) is 0. The molecule has 0 saturated heterocycles. The number of hydrogen-bond acceptors (Lipinski definition) is 4. The van der Waals surface area contributed by atoms with Gasteiger partial charge >= 0.3 is 5.76 Å². The van der Waals surface area contributed by atoms with Gasteiger partial charge in [-0.1, -0.05) is 16.8 Å². The van der Waals surface area contributed by atoms with Crippen LogP contribution in [0.1, 0.15) is 0 Å². The summed E-state index contributed by atoms with van der Waals surface area (Å²) < 4.78 is 4.32. The Labute approximate surface area is 82.9 Å². The summed E-state index contributed by atoms with van der Waals surface area (Å²) in [5.74, 6) is -0.367. The second-order valence-electron chi connectivity index (χ2n) is 2.61. The summed E-state index contributed by atoms with van der Waals surface area (Å²) in [4.78, 5) is 13.0. The van der Waals surface area contributed by atoms with Gasteiger partial charge in [-0.05, 0) is 18.2 Å². The van der Waals surface area contributed by atoms with E-state index in [1.54, 1.807) is 0 Å². The molecule has 2 aromatic rings. The Bertz CT molecular complexity index is 517. The fourth-order valence-electron chi connectivity index (χ4n) is 1.04. The molecule has 0 saturated carbocycles. The van der Waals surface area contributed by atoms with Crippen molar-refractivity contribution in [1.29, 1.82) is 0 Å². The third-order valence-corrected chi connectivity index (χ3v) is 1.96. The third kappa shape index (κ3) is 1.49. The summed E-state index contributed by atoms with van der Waals surface area (Å²) in [7, 11) is 0. The van der Waals surface area contributed by atoms with E-state index in [-0.39, 0.29) is 16.6 Å². The predicted octanol–water partition coefficient (Wildman–Crippen LogP) is 1.39. The first-order valence-corrected chi connectivity index (χ1v) is 4.09. The van der Waals surface area contributed by atoms with Gasteiger partial charge in [0, 0.05) is 5.56 Å². The van der Waals surface area contributed by atoms with Crippen molar-refractivity contribution in [2.75, 3.05) is 0 Å². The van der Waals surface area contributed by atoms with Crippen molar-refractivity contribution in [3.05, 3.63) is 33.8 Å². The lowest BCUT2D eigenvalue weighted by Gasteiger charge is -1.98. The molecular formula is C8H5ClN2O3. The molecule has 0 spiro atoms. The van der Waals surface area contributed by atoms with Gasteiger partial charge in [0.05, 0.1) is 5.02 Å². The average Bonchev–Trinajstić information content (AvgIpc) is 2.51. The van der Waals surface area contributed by atoms with Crippen molar-refractivity contribution in [3.8, 4) is 17.1 Å². The van der Waals surface area contributed by atoms with Crippen LogP contribution in [0.15, 0.2) is 27.5 Å². The van der Waals surface area contributed by atoms with E-state index in [2.05, 4.69) is 14.7 Å². The fourth-order valence-corrected chi connectivity index (χ4v) is 1.31. The maximum atomic E-state index is 10.7. The number of phenols is 1. The number of aromatic amines is 1. The minimum absolute atomic E-state index is 0.0459. The Morgan fingerprint density at radius 2 is 2.29 bits per heavy atom. The van der Waals surface area contributed by atoms with E-state index in [4.69, 9.17) is 16.7 Å². The van der Waals surface area contributed by atoms with Gasteiger partial charge in [0.15, 0.2) is 5.82 Å². The molecule has 1 aromatic heterocycles. The predicted molar refractivity (Wildman–Crippen MR) is 49.2 cm³/mol. The van der Waals surface area contributed by atoms with Crippen LogP contribution in [0.4, 0.5) is 0 Å². The number of hydrogen-bond donors (Lipinski definition) is 2. The molecule has 0 aliphatic heterocycles. The van der Waals surface area contributed by atoms with E-state index in [0.717, 1.165) is 0 Å². The molecular weight excluding hydrogens is 208 g/mol. The highest BCUT2D eigenvalue weighted by Crippen LogP contribution is 2.27. The highest BCUT2D eigenvalue weighted by molar-refractivity contribution is 6.33. The summed E-state index contributed by atoms with van der Waals surface area (Å²) >= 11 is 5.81. The lowest BCUT2D eigenvalue weighted by molar-refractivity contribution is 0.388. The molecule has 0 amide bonds. The third-order valence-electron chi connectivity index (χ3n) is 1.65. The van der Waals surface area contributed by atoms with Crippen molar-refractivity contribution in [3.63, 3.8) is 0 Å². The van der Waals surface area contributed by atoms with Crippen molar-refractivity contribution in [2.45, 2.75) is 0 Å². The molecule has 0 radical (unpaired) electrons. The summed E-state index contributed by atoms with van der Waals surface area (Å²) in [5, 5.41) is 12.8. The van der Waals surface area contributed by atoms with Crippen molar-refractivity contribution >= 4 is 11.6 Å². The zero-order chi connectivity index (χ0) is 10.1. The number of aromatic nitrogens is 2. The van der Waals surface area contributed by atoms with Crippen LogP contribution in [-0.2, 0) is 0 Å². The van der Waals surface area contributed by atoms with Gasteiger partial charge in [-0.2, -0.15) is 0 Å². The lowest BCUT2D eigenvalue weighted by Crippen LogP contribution is -1.94. The first-order valence-electron chi connectivity index (χ1n) is 3.72. The molecule has 2 rings (SSSR count). The van der Waals surface area contributed by atoms with Crippen LogP contribution in [0, 0.1) is 0 Å². The minimum Gasteiger partial charge on any atom is -0.508 e. The van der Waals surface area contributed by atoms with E-state index in [1.807, 2.05) is 0 Å². The number of nitrogens with one attached hydrogen (secondary N) is 1. The molecule has 1 heterocycles. The van der Waals surface area contributed by atoms with Gasteiger partial charge in [0.2, 0.25) is 0 Å². The van der Waals surface area contributed by atoms with Crippen LogP contribution in [0.5, 0.6) is 5.75 Å². The normalized spacial score (nSPS) is 10.4. The number of H-pyrrole nitrogens is 1. The molecule has 0 atom stereocenters. The van der Waals surface area contributed by atoms with E-state index >= 15 is 0 Å². The number of benzene rings is 1. The highest BCUT2D eigenvalue weighted by Gasteiger charge is 2.08. The van der Waals surface area contributed by atoms with Crippen LogP contribution in [0.3, 0.4) is 0 Å².